The molecule has 4 aromatic rings. The normalized spacial score (nSPS) is 12.6. The quantitative estimate of drug-likeness (QED) is 0.455. The van der Waals surface area contributed by atoms with Gasteiger partial charge in [-0.25, -0.2) is 4.98 Å². The van der Waals surface area contributed by atoms with E-state index in [0.29, 0.717) is 23.6 Å². The van der Waals surface area contributed by atoms with Crippen molar-refractivity contribution in [1.82, 2.24) is 20.2 Å². The summed E-state index contributed by atoms with van der Waals surface area (Å²) in [5, 5.41) is 7.68. The molecular formula is C19H17F2N6O-. The molecule has 4 rings (SSSR count). The number of alkyl halides is 2. The van der Waals surface area contributed by atoms with Crippen LogP contribution in [0.15, 0.2) is 48.7 Å². The van der Waals surface area contributed by atoms with Gasteiger partial charge in [0.05, 0.1) is 23.2 Å². The number of nitrogens with one attached hydrogen (secondary N) is 3. The third kappa shape index (κ3) is 3.65. The third-order valence-electron chi connectivity index (χ3n) is 4.39. The van der Waals surface area contributed by atoms with E-state index in [0.717, 1.165) is 22.2 Å². The van der Waals surface area contributed by atoms with Crippen LogP contribution in [-0.2, 0) is 6.42 Å². The Bertz CT molecular complexity index is 1110. The molecule has 9 heteroatoms. The number of hydrogen-bond donors (Lipinski definition) is 3. The molecule has 0 amide bonds. The highest BCUT2D eigenvalue weighted by Gasteiger charge is 2.10. The second-order valence-electron chi connectivity index (χ2n) is 6.33. The van der Waals surface area contributed by atoms with Crippen molar-refractivity contribution in [3.05, 3.63) is 65.8 Å². The topological polar surface area (TPSA) is 116 Å². The van der Waals surface area contributed by atoms with Gasteiger partial charge in [0.15, 0.2) is 5.82 Å². The van der Waals surface area contributed by atoms with E-state index in [1.807, 2.05) is 18.2 Å². The molecule has 2 heterocycles. The lowest BCUT2D eigenvalue weighted by Crippen LogP contribution is -2.03. The Labute approximate surface area is 158 Å². The van der Waals surface area contributed by atoms with Crippen LogP contribution in [0.2, 0.25) is 0 Å². The zero-order valence-electron chi connectivity index (χ0n) is 14.6. The predicted molar refractivity (Wildman–Crippen MR) is 102 cm³/mol. The van der Waals surface area contributed by atoms with Crippen molar-refractivity contribution >= 4 is 16.7 Å². The largest absolute Gasteiger partial charge is 0.668 e. The summed E-state index contributed by atoms with van der Waals surface area (Å²) in [6.45, 7) is -2.88. The van der Waals surface area contributed by atoms with Crippen LogP contribution in [-0.4, -0.2) is 26.8 Å². The number of benzene rings is 2. The summed E-state index contributed by atoms with van der Waals surface area (Å²) in [5.74, 6) is 1.00. The summed E-state index contributed by atoms with van der Waals surface area (Å²) in [6, 6.07) is 11.3. The van der Waals surface area contributed by atoms with E-state index < -0.39 is 12.7 Å². The maximum absolute atomic E-state index is 12.4. The Balaban J connectivity index is 1.51. The Kier molecular flexibility index (Phi) is 4.66. The first-order chi connectivity index (χ1) is 13.5. The highest BCUT2D eigenvalue weighted by Crippen LogP contribution is 2.27. The van der Waals surface area contributed by atoms with Gasteiger partial charge in [-0.05, 0) is 36.2 Å². The van der Waals surface area contributed by atoms with Crippen LogP contribution in [0.4, 0.5) is 14.6 Å². The van der Waals surface area contributed by atoms with E-state index in [1.54, 1.807) is 18.3 Å². The highest BCUT2D eigenvalue weighted by molar-refractivity contribution is 5.91. The number of fused-ring (bicyclic) bond motifs is 1. The number of H-pyrrole nitrogens is 2. The highest BCUT2D eigenvalue weighted by atomic mass is 19.3. The average molecular weight is 383 g/mol. The molecular weight excluding hydrogens is 366 g/mol. The number of hydrogen-bond acceptors (Lipinski definition) is 4. The van der Waals surface area contributed by atoms with Gasteiger partial charge in [0, 0.05) is 10.9 Å². The standard InChI is InChI=1S/C19H17F2N6O/c20-19(21)28-12-3-1-2-10(6-12)7-14(22)18-24-9-16(25-18)11-4-5-13-15(8-11)26-27-17(13)23/h1-6,8-9,14,19,22H,7H2,(H,24,25)(H3,23,26,27)/q-1. The summed E-state index contributed by atoms with van der Waals surface area (Å²) < 4.78 is 29.1. The van der Waals surface area contributed by atoms with Crippen molar-refractivity contribution in [3.63, 3.8) is 0 Å². The molecule has 0 radical (unpaired) electrons. The second kappa shape index (κ2) is 7.28. The van der Waals surface area contributed by atoms with Crippen molar-refractivity contribution in [2.45, 2.75) is 19.1 Å². The lowest BCUT2D eigenvalue weighted by Gasteiger charge is -2.18. The van der Waals surface area contributed by atoms with Crippen LogP contribution in [0, 0.1) is 0 Å². The summed E-state index contributed by atoms with van der Waals surface area (Å²) in [6.07, 6.45) is 1.97. The first kappa shape index (κ1) is 17.9. The number of nitrogens with zero attached hydrogens (tertiary/aromatic N) is 2. The van der Waals surface area contributed by atoms with Crippen molar-refractivity contribution in [1.29, 1.82) is 0 Å². The number of ether oxygens (including phenoxy) is 1. The Hall–Kier alpha value is -3.46. The van der Waals surface area contributed by atoms with E-state index >= 15 is 0 Å². The fourth-order valence-corrected chi connectivity index (χ4v) is 3.05. The number of nitrogens with two attached hydrogens (primary N) is 1. The van der Waals surface area contributed by atoms with Crippen LogP contribution in [0.5, 0.6) is 5.75 Å². The molecule has 1 atom stereocenters. The summed E-state index contributed by atoms with van der Waals surface area (Å²) in [4.78, 5) is 7.45. The van der Waals surface area contributed by atoms with Gasteiger partial charge in [0.25, 0.3) is 0 Å². The second-order valence-corrected chi connectivity index (χ2v) is 6.33. The number of rotatable bonds is 6. The molecule has 0 aliphatic rings. The molecule has 0 saturated heterocycles. The monoisotopic (exact) mass is 383 g/mol. The van der Waals surface area contributed by atoms with Gasteiger partial charge in [-0.1, -0.05) is 24.2 Å². The van der Waals surface area contributed by atoms with Gasteiger partial charge < -0.3 is 21.2 Å². The predicted octanol–water partition coefficient (Wildman–Crippen LogP) is 4.47. The van der Waals surface area contributed by atoms with Crippen LogP contribution in [0.25, 0.3) is 27.9 Å². The first-order valence-electron chi connectivity index (χ1n) is 8.53. The Morgan fingerprint density at radius 1 is 1.18 bits per heavy atom. The average Bonchev–Trinajstić information content (AvgIpc) is 3.29. The van der Waals surface area contributed by atoms with Gasteiger partial charge in [0.2, 0.25) is 0 Å². The van der Waals surface area contributed by atoms with Crippen molar-refractivity contribution < 1.29 is 13.5 Å². The molecule has 28 heavy (non-hydrogen) atoms. The number of aromatic nitrogens is 4. The van der Waals surface area contributed by atoms with Gasteiger partial charge >= 0.3 is 6.61 Å². The number of halogens is 2. The molecule has 5 N–H and O–H groups in total. The minimum atomic E-state index is -2.88. The van der Waals surface area contributed by atoms with Crippen LogP contribution in [0.3, 0.4) is 0 Å². The fraction of sp³-hybridized carbons (Fsp3) is 0.158. The maximum Gasteiger partial charge on any atom is 0.387 e. The summed E-state index contributed by atoms with van der Waals surface area (Å²) >= 11 is 0. The Morgan fingerprint density at radius 3 is 2.86 bits per heavy atom. The molecule has 0 bridgehead atoms. The van der Waals surface area contributed by atoms with Crippen molar-refractivity contribution in [3.8, 4) is 17.0 Å². The zero-order chi connectivity index (χ0) is 19.7. The number of anilines is 1. The van der Waals surface area contributed by atoms with Gasteiger partial charge in [0.1, 0.15) is 5.75 Å². The van der Waals surface area contributed by atoms with Crippen molar-refractivity contribution in [2.75, 3.05) is 5.73 Å². The molecule has 1 unspecified atom stereocenters. The van der Waals surface area contributed by atoms with Gasteiger partial charge in [-0.2, -0.15) is 13.9 Å². The molecule has 0 saturated carbocycles. The van der Waals surface area contributed by atoms with E-state index in [2.05, 4.69) is 24.9 Å². The molecule has 0 fully saturated rings. The van der Waals surface area contributed by atoms with Crippen LogP contribution < -0.4 is 10.5 Å². The number of nitrogen functional groups attached to an aromatic ring is 1. The molecule has 144 valence electrons. The van der Waals surface area contributed by atoms with E-state index in [9.17, 15) is 8.78 Å². The minimum Gasteiger partial charge on any atom is -0.668 e. The lowest BCUT2D eigenvalue weighted by molar-refractivity contribution is -0.0498. The maximum atomic E-state index is 12.4. The molecule has 0 aliphatic heterocycles. The first-order valence-corrected chi connectivity index (χ1v) is 8.53. The van der Waals surface area contributed by atoms with Gasteiger partial charge in [-0.15, -0.1) is 0 Å². The SMILES string of the molecule is [NH-]C(Cc1cccc(OC(F)F)c1)c1ncc(-c2ccc3c(N)n[nH]c3c2)[nH]1. The van der Waals surface area contributed by atoms with Crippen molar-refractivity contribution in [2.24, 2.45) is 0 Å². The molecule has 0 aliphatic carbocycles. The molecule has 0 spiro atoms. The van der Waals surface area contributed by atoms with E-state index in [1.165, 1.54) is 12.1 Å². The molecule has 2 aromatic heterocycles. The molecule has 2 aromatic carbocycles. The van der Waals surface area contributed by atoms with E-state index in [4.69, 9.17) is 11.5 Å². The minimum absolute atomic E-state index is 0.0759. The number of imidazole rings is 1. The summed E-state index contributed by atoms with van der Waals surface area (Å²) in [5.41, 5.74) is 17.3. The van der Waals surface area contributed by atoms with Gasteiger partial charge in [-0.3, -0.25) is 5.10 Å². The fourth-order valence-electron chi connectivity index (χ4n) is 3.05. The summed E-state index contributed by atoms with van der Waals surface area (Å²) in [7, 11) is 0. The van der Waals surface area contributed by atoms with Crippen LogP contribution >= 0.6 is 0 Å². The zero-order valence-corrected chi connectivity index (χ0v) is 14.6. The smallest absolute Gasteiger partial charge is 0.387 e. The molecule has 7 nitrogen and oxygen atoms in total. The van der Waals surface area contributed by atoms with Crippen LogP contribution in [0.1, 0.15) is 17.4 Å². The Morgan fingerprint density at radius 2 is 2.04 bits per heavy atom. The lowest BCUT2D eigenvalue weighted by atomic mass is 10.1. The third-order valence-corrected chi connectivity index (χ3v) is 4.39. The number of aromatic amines is 2. The van der Waals surface area contributed by atoms with E-state index in [-0.39, 0.29) is 5.75 Å².